The van der Waals surface area contributed by atoms with Gasteiger partial charge in [0.05, 0.1) is 22.2 Å². The molecule has 6 heterocycles. The van der Waals surface area contributed by atoms with Crippen molar-refractivity contribution >= 4 is 27.5 Å². The average Bonchev–Trinajstić information content (AvgIpc) is 3.74. The number of phenolic OH excluding ortho intramolecular Hbond substituents is 1. The van der Waals surface area contributed by atoms with E-state index in [-0.39, 0.29) is 46.7 Å². The third-order valence-corrected chi connectivity index (χ3v) is 11.5. The number of alkyl halides is 1. The Morgan fingerprint density at radius 3 is 2.74 bits per heavy atom. The molecule has 9 rings (SSSR count). The summed E-state index contributed by atoms with van der Waals surface area (Å²) in [5, 5.41) is 15.4. The molecule has 0 amide bonds. The van der Waals surface area contributed by atoms with Crippen molar-refractivity contribution in [2.45, 2.75) is 62.7 Å². The first-order chi connectivity index (χ1) is 22.8. The van der Waals surface area contributed by atoms with E-state index in [9.17, 15) is 13.9 Å². The topological polar surface area (TPSA) is 86.6 Å². The van der Waals surface area contributed by atoms with Gasteiger partial charge in [-0.2, -0.15) is 9.97 Å². The number of ether oxygens (including phenoxy) is 1. The molecule has 11 heteroatoms. The lowest BCUT2D eigenvalue weighted by atomic mass is 9.80. The van der Waals surface area contributed by atoms with Crippen LogP contribution in [0.2, 0.25) is 0 Å². The summed E-state index contributed by atoms with van der Waals surface area (Å²) in [5.74, 6) is 1.53. The summed E-state index contributed by atoms with van der Waals surface area (Å²) in [6, 6.07) is 5.85. The van der Waals surface area contributed by atoms with Gasteiger partial charge in [0.2, 0.25) is 0 Å². The van der Waals surface area contributed by atoms with Gasteiger partial charge in [-0.15, -0.1) is 6.42 Å². The third-order valence-electron chi connectivity index (χ3n) is 11.5. The van der Waals surface area contributed by atoms with Crippen molar-refractivity contribution in [1.29, 1.82) is 0 Å². The molecule has 2 N–H and O–H groups in total. The van der Waals surface area contributed by atoms with Crippen LogP contribution in [0.3, 0.4) is 0 Å². The molecule has 242 valence electrons. The fourth-order valence-corrected chi connectivity index (χ4v) is 9.17. The van der Waals surface area contributed by atoms with E-state index >= 15 is 4.39 Å². The number of aromatic hydroxyl groups is 1. The largest absolute Gasteiger partial charge is 0.508 e. The molecule has 1 spiro atoms. The number of rotatable bonds is 5. The smallest absolute Gasteiger partial charge is 0.319 e. The fraction of sp³-hybridized carbons (Fsp3) is 0.472. The number of anilines is 1. The standard InChI is InChI=1S/C36H35F3N6O2/c1-2-24-26(38)5-4-20-12-23(46)13-25(28(20)24)31-30(39)32-29-27(41-31)7-11-45(22-6-9-35(15-22)17-40-18-35)33(29)43-34(42-32)47-19-36-8-3-10-44(36)16-21(37)14-36/h1,4-5,12-13,21-22,40,46H,3,6-11,14-19H2/t21-,22?,36+/m1/s1. The zero-order valence-corrected chi connectivity index (χ0v) is 26.0. The Morgan fingerprint density at radius 2 is 1.96 bits per heavy atom. The van der Waals surface area contributed by atoms with Crippen molar-refractivity contribution in [1.82, 2.24) is 25.2 Å². The van der Waals surface area contributed by atoms with Crippen LogP contribution in [0, 0.1) is 29.4 Å². The van der Waals surface area contributed by atoms with Gasteiger partial charge in [-0.05, 0) is 67.6 Å². The SMILES string of the molecule is C#Cc1c(F)ccc2cc(O)cc(-c3nc4c5c(nc(OC[C@@]67CCCN6C[C@H](F)C7)nc5c3F)N(C3CCC5(CNC5)C3)CC4)c12. The van der Waals surface area contributed by atoms with Crippen molar-refractivity contribution in [3.8, 4) is 35.4 Å². The molecule has 3 saturated heterocycles. The molecule has 4 aromatic rings. The number of pyridine rings is 1. The lowest BCUT2D eigenvalue weighted by Gasteiger charge is -2.41. The normalized spacial score (nSPS) is 26.2. The lowest BCUT2D eigenvalue weighted by Crippen LogP contribution is -2.52. The number of aromatic nitrogens is 3. The molecule has 0 radical (unpaired) electrons. The number of hydrogen-bond acceptors (Lipinski definition) is 8. The highest BCUT2D eigenvalue weighted by Gasteiger charge is 2.50. The minimum Gasteiger partial charge on any atom is -0.508 e. The van der Waals surface area contributed by atoms with Crippen LogP contribution in [0.25, 0.3) is 32.9 Å². The summed E-state index contributed by atoms with van der Waals surface area (Å²) in [6.45, 7) is 4.08. The number of fused-ring (bicyclic) bond motifs is 2. The number of halogens is 3. The molecule has 2 aromatic heterocycles. The predicted octanol–water partition coefficient (Wildman–Crippen LogP) is 5.27. The van der Waals surface area contributed by atoms with E-state index in [0.717, 1.165) is 51.7 Å². The van der Waals surface area contributed by atoms with E-state index in [2.05, 4.69) is 26.0 Å². The predicted molar refractivity (Wildman–Crippen MR) is 172 cm³/mol. The number of nitrogens with zero attached hydrogens (tertiary/aromatic N) is 5. The molecule has 8 nitrogen and oxygen atoms in total. The summed E-state index contributed by atoms with van der Waals surface area (Å²) >= 11 is 0. The van der Waals surface area contributed by atoms with Crippen molar-refractivity contribution in [2.24, 2.45) is 5.41 Å². The van der Waals surface area contributed by atoms with E-state index < -0.39 is 23.3 Å². The molecular weight excluding hydrogens is 605 g/mol. The van der Waals surface area contributed by atoms with Crippen LogP contribution in [0.15, 0.2) is 24.3 Å². The van der Waals surface area contributed by atoms with E-state index in [1.165, 1.54) is 24.3 Å². The van der Waals surface area contributed by atoms with Gasteiger partial charge in [-0.1, -0.05) is 12.0 Å². The highest BCUT2D eigenvalue weighted by Crippen LogP contribution is 2.47. The van der Waals surface area contributed by atoms with E-state index in [0.29, 0.717) is 59.0 Å². The van der Waals surface area contributed by atoms with E-state index in [1.807, 2.05) is 0 Å². The molecule has 3 atom stereocenters. The minimum absolute atomic E-state index is 0.0326. The molecule has 5 aliphatic rings. The first-order valence-electron chi connectivity index (χ1n) is 16.6. The van der Waals surface area contributed by atoms with Gasteiger partial charge in [0, 0.05) is 56.0 Å². The zero-order valence-electron chi connectivity index (χ0n) is 26.0. The molecule has 1 unspecified atom stereocenters. The lowest BCUT2D eigenvalue weighted by molar-refractivity contribution is 0.107. The third kappa shape index (κ3) is 4.41. The van der Waals surface area contributed by atoms with Crippen LogP contribution in [0.1, 0.15) is 49.8 Å². The molecule has 47 heavy (non-hydrogen) atoms. The van der Waals surface area contributed by atoms with E-state index in [1.54, 1.807) is 0 Å². The maximum Gasteiger partial charge on any atom is 0.319 e. The summed E-state index contributed by atoms with van der Waals surface area (Å²) < 4.78 is 52.8. The Morgan fingerprint density at radius 1 is 1.09 bits per heavy atom. The van der Waals surface area contributed by atoms with Crippen molar-refractivity contribution < 1.29 is 23.0 Å². The van der Waals surface area contributed by atoms with Gasteiger partial charge in [-0.25, -0.2) is 18.2 Å². The first-order valence-corrected chi connectivity index (χ1v) is 16.6. The maximum atomic E-state index is 17.0. The molecule has 0 bridgehead atoms. The molecule has 1 aliphatic carbocycles. The van der Waals surface area contributed by atoms with Gasteiger partial charge in [0.25, 0.3) is 0 Å². The second-order valence-electron chi connectivity index (χ2n) is 14.2. The zero-order chi connectivity index (χ0) is 32.1. The van der Waals surface area contributed by atoms with Gasteiger partial charge in [-0.3, -0.25) is 4.90 Å². The number of phenols is 1. The van der Waals surface area contributed by atoms with Crippen LogP contribution >= 0.6 is 0 Å². The number of benzene rings is 2. The summed E-state index contributed by atoms with van der Waals surface area (Å²) in [5.41, 5.74) is 0.626. The van der Waals surface area contributed by atoms with Crippen LogP contribution in [-0.2, 0) is 6.42 Å². The van der Waals surface area contributed by atoms with Crippen LogP contribution in [0.4, 0.5) is 19.0 Å². The van der Waals surface area contributed by atoms with Crippen molar-refractivity contribution in [2.75, 3.05) is 44.2 Å². The van der Waals surface area contributed by atoms with Crippen molar-refractivity contribution in [3.63, 3.8) is 0 Å². The molecule has 4 aliphatic heterocycles. The number of terminal acetylenes is 1. The summed E-state index contributed by atoms with van der Waals surface area (Å²) in [7, 11) is 0. The average molecular weight is 641 g/mol. The van der Waals surface area contributed by atoms with Crippen LogP contribution in [-0.4, -0.2) is 82.0 Å². The first kappa shape index (κ1) is 29.0. The highest BCUT2D eigenvalue weighted by atomic mass is 19.1. The van der Waals surface area contributed by atoms with Crippen LogP contribution in [0.5, 0.6) is 11.8 Å². The van der Waals surface area contributed by atoms with Gasteiger partial charge < -0.3 is 20.1 Å². The number of hydrogen-bond donors (Lipinski definition) is 2. The summed E-state index contributed by atoms with van der Waals surface area (Å²) in [6.07, 6.45) is 10.7. The van der Waals surface area contributed by atoms with Crippen LogP contribution < -0.4 is 15.0 Å². The Labute approximate surface area is 270 Å². The Bertz CT molecular complexity index is 2010. The van der Waals surface area contributed by atoms with Gasteiger partial charge >= 0.3 is 6.01 Å². The van der Waals surface area contributed by atoms with Crippen molar-refractivity contribution in [3.05, 3.63) is 47.2 Å². The Hall–Kier alpha value is -4.14. The molecule has 1 saturated carbocycles. The maximum absolute atomic E-state index is 17.0. The second kappa shape index (κ2) is 10.4. The second-order valence-corrected chi connectivity index (χ2v) is 14.2. The monoisotopic (exact) mass is 640 g/mol. The molecule has 4 fully saturated rings. The fourth-order valence-electron chi connectivity index (χ4n) is 9.17. The highest BCUT2D eigenvalue weighted by molar-refractivity contribution is 6.03. The van der Waals surface area contributed by atoms with Gasteiger partial charge in [0.1, 0.15) is 41.4 Å². The summed E-state index contributed by atoms with van der Waals surface area (Å²) in [4.78, 5) is 18.9. The Kier molecular flexibility index (Phi) is 6.44. The van der Waals surface area contributed by atoms with E-state index in [4.69, 9.17) is 21.1 Å². The number of nitrogens with one attached hydrogen (secondary N) is 1. The van der Waals surface area contributed by atoms with Gasteiger partial charge in [0.15, 0.2) is 5.82 Å². The minimum atomic E-state index is -0.910. The Balaban J connectivity index is 1.21. The quantitative estimate of drug-likeness (QED) is 0.286. The molecular formula is C36H35F3N6O2. The molecule has 2 aromatic carbocycles.